The molecule has 0 amide bonds. The molecule has 162 valence electrons. The molecule has 2 aromatic carbocycles. The fraction of sp³-hybridized carbons (Fsp3) is 0.500. The van der Waals surface area contributed by atoms with E-state index < -0.39 is 14.4 Å². The van der Waals surface area contributed by atoms with Gasteiger partial charge in [-0.05, 0) is 73.0 Å². The van der Waals surface area contributed by atoms with Crippen molar-refractivity contribution in [1.29, 1.82) is 0 Å². The molecule has 0 aromatic heterocycles. The summed E-state index contributed by atoms with van der Waals surface area (Å²) in [6.45, 7) is 1.83. The second-order valence-corrected chi connectivity index (χ2v) is 12.5. The maximum Gasteiger partial charge on any atom is 0.164 e. The lowest BCUT2D eigenvalue weighted by molar-refractivity contribution is 0.443. The normalized spacial score (nSPS) is 19.1. The van der Waals surface area contributed by atoms with Gasteiger partial charge in [-0.25, -0.2) is 8.42 Å². The van der Waals surface area contributed by atoms with Crippen LogP contribution in [0.25, 0.3) is 0 Å². The van der Waals surface area contributed by atoms with Crippen LogP contribution in [-0.2, 0) is 22.7 Å². The predicted octanol–water partition coefficient (Wildman–Crippen LogP) is 5.91. The Labute approximate surface area is 189 Å². The van der Waals surface area contributed by atoms with E-state index in [2.05, 4.69) is 23.5 Å². The van der Waals surface area contributed by atoms with Crippen LogP contribution in [0.2, 0.25) is 5.02 Å². The van der Waals surface area contributed by atoms with Crippen LogP contribution in [0.1, 0.15) is 64.9 Å². The van der Waals surface area contributed by atoms with Gasteiger partial charge < -0.3 is 5.32 Å². The summed E-state index contributed by atoms with van der Waals surface area (Å²) in [6, 6.07) is 12.3. The van der Waals surface area contributed by atoms with Gasteiger partial charge >= 0.3 is 0 Å². The average Bonchev–Trinajstić information content (AvgIpc) is 2.99. The molecule has 0 saturated heterocycles. The zero-order valence-corrected chi connectivity index (χ0v) is 19.9. The Bertz CT molecular complexity index is 983. The van der Waals surface area contributed by atoms with Gasteiger partial charge in [-0.15, -0.1) is 0 Å². The number of fused-ring (bicyclic) bond motifs is 1. The van der Waals surface area contributed by atoms with Crippen LogP contribution in [0, 0.1) is 0 Å². The summed E-state index contributed by atoms with van der Waals surface area (Å²) in [5.41, 5.74) is 4.65. The van der Waals surface area contributed by atoms with Crippen molar-refractivity contribution in [3.63, 3.8) is 0 Å². The lowest BCUT2D eigenvalue weighted by atomic mass is 9.84. The summed E-state index contributed by atoms with van der Waals surface area (Å²) in [5.74, 6) is 0.615. The van der Waals surface area contributed by atoms with E-state index in [1.807, 2.05) is 18.2 Å². The molecule has 2 aliphatic rings. The summed E-state index contributed by atoms with van der Waals surface area (Å²) in [4.78, 5) is 0.921. The third-order valence-corrected chi connectivity index (χ3v) is 10.3. The molecule has 4 rings (SSSR count). The number of benzene rings is 2. The Kier molecular flexibility index (Phi) is 7.13. The first-order valence-corrected chi connectivity index (χ1v) is 14.1. The molecule has 30 heavy (non-hydrogen) atoms. The zero-order chi connectivity index (χ0) is 21.1. The van der Waals surface area contributed by atoms with Gasteiger partial charge in [-0.3, -0.25) is 0 Å². The van der Waals surface area contributed by atoms with Gasteiger partial charge in [0.2, 0.25) is 0 Å². The van der Waals surface area contributed by atoms with Gasteiger partial charge in [0.05, 0.1) is 5.02 Å². The number of rotatable bonds is 5. The van der Waals surface area contributed by atoms with Crippen molar-refractivity contribution in [3.05, 3.63) is 63.7 Å². The predicted molar refractivity (Wildman–Crippen MR) is 127 cm³/mol. The van der Waals surface area contributed by atoms with E-state index >= 15 is 0 Å². The number of sulfone groups is 1. The first kappa shape index (κ1) is 22.2. The highest BCUT2D eigenvalue weighted by atomic mass is 35.5. The lowest BCUT2D eigenvalue weighted by Gasteiger charge is -2.23. The summed E-state index contributed by atoms with van der Waals surface area (Å²) < 4.78 is 24.9. The van der Waals surface area contributed by atoms with Crippen molar-refractivity contribution in [3.8, 4) is 0 Å². The second-order valence-electron chi connectivity index (χ2n) is 8.55. The Morgan fingerprint density at radius 2 is 1.70 bits per heavy atom. The maximum absolute atomic E-state index is 12.8. The second kappa shape index (κ2) is 9.64. The Balaban J connectivity index is 1.65. The average molecular weight is 464 g/mol. The Morgan fingerprint density at radius 1 is 1.00 bits per heavy atom. The first-order valence-electron chi connectivity index (χ1n) is 10.9. The quantitative estimate of drug-likeness (QED) is 0.559. The minimum atomic E-state index is -3.32. The Morgan fingerprint density at radius 3 is 2.40 bits per heavy atom. The number of hydrogen-bond donors (Lipinski definition) is 1. The van der Waals surface area contributed by atoms with Gasteiger partial charge in [-0.2, -0.15) is 0 Å². The van der Waals surface area contributed by atoms with Gasteiger partial charge in [-0.1, -0.05) is 73.0 Å². The third kappa shape index (κ3) is 5.07. The highest BCUT2D eigenvalue weighted by molar-refractivity contribution is 8.12. The van der Waals surface area contributed by atoms with Crippen LogP contribution in [-0.4, -0.2) is 27.8 Å². The van der Waals surface area contributed by atoms with E-state index in [-0.39, 0.29) is 0 Å². The van der Waals surface area contributed by atoms with Crippen molar-refractivity contribution in [1.82, 2.24) is 5.32 Å². The topological polar surface area (TPSA) is 46.2 Å². The van der Waals surface area contributed by atoms with E-state index in [0.29, 0.717) is 10.9 Å². The van der Waals surface area contributed by atoms with Crippen molar-refractivity contribution in [2.75, 3.05) is 19.3 Å². The van der Waals surface area contributed by atoms with Crippen molar-refractivity contribution in [2.45, 2.75) is 60.3 Å². The smallest absolute Gasteiger partial charge is 0.164 e. The number of nitrogens with one attached hydrogen (secondary N) is 1. The molecule has 2 aromatic rings. The molecule has 1 saturated carbocycles. The van der Waals surface area contributed by atoms with Crippen molar-refractivity contribution >= 4 is 33.2 Å². The van der Waals surface area contributed by atoms with Crippen LogP contribution in [0.5, 0.6) is 0 Å². The highest BCUT2D eigenvalue weighted by Gasteiger charge is 2.28. The highest BCUT2D eigenvalue weighted by Crippen LogP contribution is 2.45. The van der Waals surface area contributed by atoms with Crippen LogP contribution in [0.3, 0.4) is 0 Å². The van der Waals surface area contributed by atoms with Crippen LogP contribution >= 0.6 is 23.4 Å². The van der Waals surface area contributed by atoms with E-state index in [4.69, 9.17) is 11.6 Å². The van der Waals surface area contributed by atoms with Crippen LogP contribution < -0.4 is 5.32 Å². The largest absolute Gasteiger partial charge is 0.316 e. The lowest BCUT2D eigenvalue weighted by Crippen LogP contribution is -2.16. The molecule has 1 aliphatic heterocycles. The summed E-state index contributed by atoms with van der Waals surface area (Å²) >= 11 is 7.98. The number of thioether (sulfide) groups is 1. The van der Waals surface area contributed by atoms with Crippen LogP contribution in [0.15, 0.2) is 41.3 Å². The minimum absolute atomic E-state index is 0.615. The standard InChI is InChI=1S/C24H30ClNO2S2/c1-30(27,28)24(20-9-7-18(8-10-20)17-5-3-2-4-6-17)29-23-21-14-16-26-15-13-19(21)11-12-22(23)25/h7-12,17,24,26H,2-6,13-16H2,1H3. The van der Waals surface area contributed by atoms with E-state index in [1.54, 1.807) is 0 Å². The van der Waals surface area contributed by atoms with Gasteiger partial charge in [0, 0.05) is 11.2 Å². The monoisotopic (exact) mass is 463 g/mol. The molecule has 1 unspecified atom stereocenters. The molecule has 1 atom stereocenters. The van der Waals surface area contributed by atoms with Crippen LogP contribution in [0.4, 0.5) is 0 Å². The zero-order valence-electron chi connectivity index (χ0n) is 17.5. The summed E-state index contributed by atoms with van der Waals surface area (Å²) in [6.07, 6.45) is 9.54. The van der Waals surface area contributed by atoms with Crippen molar-refractivity contribution < 1.29 is 8.42 Å². The summed E-state index contributed by atoms with van der Waals surface area (Å²) in [7, 11) is -3.32. The molecule has 0 spiro atoms. The minimum Gasteiger partial charge on any atom is -0.316 e. The Hall–Kier alpha value is -1.01. The summed E-state index contributed by atoms with van der Waals surface area (Å²) in [5, 5.41) is 4.07. The third-order valence-electron chi connectivity index (χ3n) is 6.33. The van der Waals surface area contributed by atoms with E-state index in [1.165, 1.54) is 66.8 Å². The molecule has 3 nitrogen and oxygen atoms in total. The maximum atomic E-state index is 12.8. The van der Waals surface area contributed by atoms with E-state index in [0.717, 1.165) is 36.4 Å². The fourth-order valence-corrected chi connectivity index (χ4v) is 7.72. The molecule has 1 fully saturated rings. The first-order chi connectivity index (χ1) is 14.4. The fourth-order valence-electron chi connectivity index (χ4n) is 4.71. The molecular weight excluding hydrogens is 434 g/mol. The van der Waals surface area contributed by atoms with Gasteiger partial charge in [0.15, 0.2) is 9.84 Å². The molecule has 1 N–H and O–H groups in total. The molecule has 6 heteroatoms. The van der Waals surface area contributed by atoms with Gasteiger partial charge in [0.25, 0.3) is 0 Å². The molecule has 0 bridgehead atoms. The molecule has 1 heterocycles. The number of halogens is 1. The molecule has 0 radical (unpaired) electrons. The van der Waals surface area contributed by atoms with E-state index in [9.17, 15) is 8.42 Å². The van der Waals surface area contributed by atoms with Gasteiger partial charge in [0.1, 0.15) is 4.58 Å². The molecule has 1 aliphatic carbocycles. The molecular formula is C24H30ClNO2S2. The number of hydrogen-bond acceptors (Lipinski definition) is 4. The van der Waals surface area contributed by atoms with Crippen molar-refractivity contribution in [2.24, 2.45) is 0 Å². The SMILES string of the molecule is CS(=O)(=O)C(Sc1c(Cl)ccc2c1CCNCC2)c1ccc(C2CCCCC2)cc1.